The maximum atomic E-state index is 12.1. The van der Waals surface area contributed by atoms with Crippen molar-refractivity contribution in [3.8, 4) is 0 Å². The number of hydrogen-bond donors (Lipinski definition) is 1. The highest BCUT2D eigenvalue weighted by Gasteiger charge is 2.20. The van der Waals surface area contributed by atoms with E-state index in [1.54, 1.807) is 12.1 Å². The first kappa shape index (κ1) is 23.1. The van der Waals surface area contributed by atoms with Crippen LogP contribution in [0.1, 0.15) is 58.1 Å². The maximum Gasteiger partial charge on any atom is 0.408 e. The number of ether oxygens (including phenoxy) is 2. The lowest BCUT2D eigenvalue weighted by Crippen LogP contribution is -2.35. The van der Waals surface area contributed by atoms with E-state index in [4.69, 9.17) is 26.6 Å². The monoisotopic (exact) mass is 396 g/mol. The molecule has 0 aliphatic carbocycles. The molecule has 150 valence electrons. The van der Waals surface area contributed by atoms with Gasteiger partial charge in [0.1, 0.15) is 5.60 Å². The summed E-state index contributed by atoms with van der Waals surface area (Å²) in [5.41, 5.74) is 8.60. The van der Waals surface area contributed by atoms with Gasteiger partial charge in [0.05, 0.1) is 6.04 Å². The summed E-state index contributed by atoms with van der Waals surface area (Å²) in [5.74, 6) is 0. The Balaban J connectivity index is 2.46. The molecule has 8 heteroatoms. The zero-order valence-corrected chi connectivity index (χ0v) is 17.0. The van der Waals surface area contributed by atoms with Gasteiger partial charge in [-0.1, -0.05) is 35.3 Å². The van der Waals surface area contributed by atoms with Crippen molar-refractivity contribution in [2.24, 2.45) is 5.11 Å². The number of unbranched alkanes of at least 4 members (excludes halogenated alkanes) is 2. The molecule has 0 fully saturated rings. The molecule has 7 nitrogen and oxygen atoms in total. The van der Waals surface area contributed by atoms with Gasteiger partial charge in [-0.3, -0.25) is 0 Å². The predicted molar refractivity (Wildman–Crippen MR) is 107 cm³/mol. The zero-order valence-electron chi connectivity index (χ0n) is 16.3. The molecule has 0 saturated heterocycles. The van der Waals surface area contributed by atoms with Gasteiger partial charge >= 0.3 is 6.09 Å². The minimum Gasteiger partial charge on any atom is -0.444 e. The smallest absolute Gasteiger partial charge is 0.408 e. The number of carbonyl (C=O) groups is 1. The van der Waals surface area contributed by atoms with Crippen molar-refractivity contribution in [1.82, 2.24) is 5.32 Å². The van der Waals surface area contributed by atoms with Crippen LogP contribution in [0.4, 0.5) is 4.79 Å². The summed E-state index contributed by atoms with van der Waals surface area (Å²) in [4.78, 5) is 14.9. The molecule has 0 heterocycles. The number of rotatable bonds is 11. The lowest BCUT2D eigenvalue weighted by Gasteiger charge is -2.24. The lowest BCUT2D eigenvalue weighted by atomic mass is 10.0. The van der Waals surface area contributed by atoms with Crippen LogP contribution < -0.4 is 5.32 Å². The number of nitrogens with one attached hydrogen (secondary N) is 1. The molecular formula is C19H29ClN4O3. The molecule has 0 unspecified atom stereocenters. The third-order valence-electron chi connectivity index (χ3n) is 3.62. The van der Waals surface area contributed by atoms with E-state index in [9.17, 15) is 4.79 Å². The second kappa shape index (κ2) is 12.4. The molecule has 27 heavy (non-hydrogen) atoms. The Kier molecular flexibility index (Phi) is 10.6. The second-order valence-corrected chi connectivity index (χ2v) is 7.60. The van der Waals surface area contributed by atoms with Crippen molar-refractivity contribution >= 4 is 17.7 Å². The molecule has 0 bridgehead atoms. The number of halogens is 1. The van der Waals surface area contributed by atoms with Crippen molar-refractivity contribution in [2.45, 2.75) is 58.1 Å². The van der Waals surface area contributed by atoms with Crippen LogP contribution in [0.25, 0.3) is 10.4 Å². The van der Waals surface area contributed by atoms with Gasteiger partial charge in [-0.05, 0) is 63.3 Å². The molecule has 1 aromatic rings. The molecule has 1 N–H and O–H groups in total. The maximum absolute atomic E-state index is 12.1. The molecule has 1 amide bonds. The van der Waals surface area contributed by atoms with E-state index in [0.29, 0.717) is 31.2 Å². The topological polar surface area (TPSA) is 96.3 Å². The van der Waals surface area contributed by atoms with Gasteiger partial charge in [-0.15, -0.1) is 0 Å². The van der Waals surface area contributed by atoms with E-state index >= 15 is 0 Å². The summed E-state index contributed by atoms with van der Waals surface area (Å²) in [6, 6.07) is 7.15. The molecule has 1 atom stereocenters. The van der Waals surface area contributed by atoms with E-state index in [2.05, 4.69) is 15.3 Å². The van der Waals surface area contributed by atoms with Gasteiger partial charge in [0.25, 0.3) is 0 Å². The van der Waals surface area contributed by atoms with Crippen LogP contribution >= 0.6 is 11.6 Å². The second-order valence-electron chi connectivity index (χ2n) is 7.17. The quantitative estimate of drug-likeness (QED) is 0.222. The fourth-order valence-corrected chi connectivity index (χ4v) is 2.50. The van der Waals surface area contributed by atoms with Crippen LogP contribution in [0.3, 0.4) is 0 Å². The van der Waals surface area contributed by atoms with Gasteiger partial charge in [0, 0.05) is 29.7 Å². The van der Waals surface area contributed by atoms with Crippen LogP contribution in [0.5, 0.6) is 0 Å². The Morgan fingerprint density at radius 3 is 2.56 bits per heavy atom. The third kappa shape index (κ3) is 11.4. The number of carbonyl (C=O) groups excluding carboxylic acids is 1. The number of benzene rings is 1. The standard InChI is InChI=1S/C19H29ClN4O3/c1-19(2,3)27-18(25)23-17(15-7-9-16(20)10-8-15)11-14-26-13-6-4-5-12-22-24-21/h7-10,17H,4-6,11-14H2,1-3H3,(H,23,25)/t17-/m0/s1. The normalized spacial score (nSPS) is 12.1. The molecule has 1 rings (SSSR count). The molecule has 0 radical (unpaired) electrons. The van der Waals surface area contributed by atoms with Crippen molar-refractivity contribution in [1.29, 1.82) is 0 Å². The van der Waals surface area contributed by atoms with Gasteiger partial charge in [0.2, 0.25) is 0 Å². The fraction of sp³-hybridized carbons (Fsp3) is 0.632. The molecular weight excluding hydrogens is 368 g/mol. The summed E-state index contributed by atoms with van der Waals surface area (Å²) < 4.78 is 11.0. The Morgan fingerprint density at radius 2 is 1.93 bits per heavy atom. The predicted octanol–water partition coefficient (Wildman–Crippen LogP) is 5.79. The minimum atomic E-state index is -0.555. The van der Waals surface area contributed by atoms with Crippen molar-refractivity contribution < 1.29 is 14.3 Å². The van der Waals surface area contributed by atoms with E-state index in [0.717, 1.165) is 24.8 Å². The number of amides is 1. The fourth-order valence-electron chi connectivity index (χ4n) is 2.38. The number of azide groups is 1. The van der Waals surface area contributed by atoms with Gasteiger partial charge in [-0.2, -0.15) is 0 Å². The van der Waals surface area contributed by atoms with E-state index in [1.165, 1.54) is 0 Å². The average Bonchev–Trinajstić information content (AvgIpc) is 2.58. The zero-order chi connectivity index (χ0) is 20.1. The molecule has 0 aromatic heterocycles. The summed E-state index contributed by atoms with van der Waals surface area (Å²) >= 11 is 5.95. The Labute approximate surface area is 166 Å². The molecule has 1 aromatic carbocycles. The number of hydrogen-bond acceptors (Lipinski definition) is 4. The molecule has 0 aliphatic rings. The highest BCUT2D eigenvalue weighted by Crippen LogP contribution is 2.20. The van der Waals surface area contributed by atoms with E-state index in [-0.39, 0.29) is 6.04 Å². The highest BCUT2D eigenvalue weighted by molar-refractivity contribution is 6.30. The first-order chi connectivity index (χ1) is 12.8. The molecule has 0 saturated carbocycles. The van der Waals surface area contributed by atoms with Gasteiger partial charge in [-0.25, -0.2) is 4.79 Å². The van der Waals surface area contributed by atoms with Gasteiger partial charge < -0.3 is 14.8 Å². The minimum absolute atomic E-state index is 0.220. The lowest BCUT2D eigenvalue weighted by molar-refractivity contribution is 0.0485. The van der Waals surface area contributed by atoms with Crippen LogP contribution in [-0.4, -0.2) is 31.5 Å². The Bertz CT molecular complexity index is 610. The first-order valence-electron chi connectivity index (χ1n) is 9.15. The van der Waals surface area contributed by atoms with Crippen molar-refractivity contribution in [3.63, 3.8) is 0 Å². The first-order valence-corrected chi connectivity index (χ1v) is 9.53. The number of nitrogens with zero attached hydrogens (tertiary/aromatic N) is 3. The van der Waals surface area contributed by atoms with Crippen LogP contribution in [0.2, 0.25) is 5.02 Å². The summed E-state index contributed by atoms with van der Waals surface area (Å²) in [6.07, 6.45) is 2.89. The van der Waals surface area contributed by atoms with Crippen LogP contribution in [0.15, 0.2) is 29.4 Å². The summed E-state index contributed by atoms with van der Waals surface area (Å²) in [7, 11) is 0. The summed E-state index contributed by atoms with van der Waals surface area (Å²) in [6.45, 7) is 7.16. The van der Waals surface area contributed by atoms with Crippen molar-refractivity contribution in [3.05, 3.63) is 45.3 Å². The molecule has 0 aliphatic heterocycles. The van der Waals surface area contributed by atoms with Crippen molar-refractivity contribution in [2.75, 3.05) is 19.8 Å². The Morgan fingerprint density at radius 1 is 1.22 bits per heavy atom. The van der Waals surface area contributed by atoms with Crippen LogP contribution in [-0.2, 0) is 9.47 Å². The largest absolute Gasteiger partial charge is 0.444 e. The van der Waals surface area contributed by atoms with E-state index in [1.807, 2.05) is 32.9 Å². The SMILES string of the molecule is CC(C)(C)OC(=O)N[C@@H](CCOCCCCCN=[N+]=[N-])c1ccc(Cl)cc1. The highest BCUT2D eigenvalue weighted by atomic mass is 35.5. The Hall–Kier alpha value is -1.95. The van der Waals surface area contributed by atoms with E-state index < -0.39 is 11.7 Å². The van der Waals surface area contributed by atoms with Crippen LogP contribution in [0, 0.1) is 0 Å². The number of alkyl carbamates (subject to hydrolysis) is 1. The average molecular weight is 397 g/mol. The van der Waals surface area contributed by atoms with Gasteiger partial charge in [0.15, 0.2) is 0 Å². The molecule has 0 spiro atoms. The summed E-state index contributed by atoms with van der Waals surface area (Å²) in [5, 5.41) is 7.05. The third-order valence-corrected chi connectivity index (χ3v) is 3.88.